The van der Waals surface area contributed by atoms with Crippen LogP contribution in [0.2, 0.25) is 0 Å². The van der Waals surface area contributed by atoms with Crippen molar-refractivity contribution in [1.82, 2.24) is 0 Å². The van der Waals surface area contributed by atoms with Crippen LogP contribution in [0, 0.1) is 0 Å². The number of carbonyl (C=O) groups is 1. The van der Waals surface area contributed by atoms with Crippen LogP contribution < -0.4 is 0 Å². The summed E-state index contributed by atoms with van der Waals surface area (Å²) in [6, 6.07) is 7.08. The molecule has 1 aromatic rings. The Balaban J connectivity index is 1.94. The number of fused-ring (bicyclic) bond motifs is 1. The number of methoxy groups -OCH3 is 1. The van der Waals surface area contributed by atoms with Crippen molar-refractivity contribution in [1.29, 1.82) is 0 Å². The van der Waals surface area contributed by atoms with E-state index >= 15 is 0 Å². The van der Waals surface area contributed by atoms with Gasteiger partial charge in [-0.1, -0.05) is 45.9 Å². The first-order valence-corrected chi connectivity index (χ1v) is 10.1. The fourth-order valence-electron chi connectivity index (χ4n) is 5.18. The number of hydrogen-bond donors (Lipinski definition) is 1. The van der Waals surface area contributed by atoms with Gasteiger partial charge in [0.15, 0.2) is 0 Å². The van der Waals surface area contributed by atoms with E-state index in [2.05, 4.69) is 45.9 Å². The van der Waals surface area contributed by atoms with E-state index in [1.165, 1.54) is 35.6 Å². The van der Waals surface area contributed by atoms with Crippen LogP contribution in [0.15, 0.2) is 29.8 Å². The topological polar surface area (TPSA) is 46.5 Å². The molecule has 3 heteroatoms. The first-order valence-electron chi connectivity index (χ1n) is 10.1. The normalized spacial score (nSPS) is 29.4. The van der Waals surface area contributed by atoms with Gasteiger partial charge in [0, 0.05) is 13.2 Å². The lowest BCUT2D eigenvalue weighted by Crippen LogP contribution is -2.34. The maximum atomic E-state index is 11.1. The quantitative estimate of drug-likeness (QED) is 0.690. The largest absolute Gasteiger partial charge is 0.478 e. The molecule has 0 saturated heterocycles. The predicted octanol–water partition coefficient (Wildman–Crippen LogP) is 5.72. The molecule has 0 bridgehead atoms. The van der Waals surface area contributed by atoms with Gasteiger partial charge in [0.05, 0.1) is 5.60 Å². The number of benzene rings is 1. The highest BCUT2D eigenvalue weighted by Crippen LogP contribution is 2.50. The molecule has 0 aliphatic heterocycles. The number of hydrogen-bond acceptors (Lipinski definition) is 2. The standard InChI is InChI=1S/C24H34O3/c1-16(13-21(25)26)24(27-6)10-9-18(15-24)17-7-8-19-20(14-17)23(4,5)12-11-22(19,2)3/h7-8,13-14,18H,9-12,15H2,1-6H3,(H,25,26). The van der Waals surface area contributed by atoms with Crippen LogP contribution in [0.5, 0.6) is 0 Å². The van der Waals surface area contributed by atoms with Crippen molar-refractivity contribution in [3.05, 3.63) is 46.5 Å². The summed E-state index contributed by atoms with van der Waals surface area (Å²) in [6.45, 7) is 11.3. The number of aliphatic carboxylic acids is 1. The Hall–Kier alpha value is -1.61. The molecule has 0 amide bonds. The fraction of sp³-hybridized carbons (Fsp3) is 0.625. The highest BCUT2D eigenvalue weighted by Gasteiger charge is 2.43. The third-order valence-electron chi connectivity index (χ3n) is 7.27. The smallest absolute Gasteiger partial charge is 0.328 e. The molecule has 2 aliphatic carbocycles. The Bertz CT molecular complexity index is 772. The Morgan fingerprint density at radius 2 is 1.74 bits per heavy atom. The summed E-state index contributed by atoms with van der Waals surface area (Å²) in [4.78, 5) is 11.1. The van der Waals surface area contributed by atoms with Gasteiger partial charge in [0.2, 0.25) is 0 Å². The molecule has 1 aromatic carbocycles. The molecule has 0 radical (unpaired) electrons. The highest BCUT2D eigenvalue weighted by atomic mass is 16.5. The van der Waals surface area contributed by atoms with Gasteiger partial charge in [-0.3, -0.25) is 0 Å². The van der Waals surface area contributed by atoms with Crippen molar-refractivity contribution in [2.24, 2.45) is 0 Å². The molecule has 1 fully saturated rings. The highest BCUT2D eigenvalue weighted by molar-refractivity contribution is 5.81. The molecule has 0 spiro atoms. The van der Waals surface area contributed by atoms with E-state index in [4.69, 9.17) is 9.84 Å². The van der Waals surface area contributed by atoms with Gasteiger partial charge < -0.3 is 9.84 Å². The first kappa shape index (κ1) is 20.1. The monoisotopic (exact) mass is 370 g/mol. The zero-order valence-corrected chi connectivity index (χ0v) is 17.7. The van der Waals surface area contributed by atoms with E-state index in [1.54, 1.807) is 7.11 Å². The lowest BCUT2D eigenvalue weighted by atomic mass is 9.62. The fourth-order valence-corrected chi connectivity index (χ4v) is 5.18. The lowest BCUT2D eigenvalue weighted by Gasteiger charge is -2.42. The zero-order valence-electron chi connectivity index (χ0n) is 17.7. The SMILES string of the molecule is COC1(C(C)=CC(=O)O)CCC(c2ccc3c(c2)C(C)(C)CCC3(C)C)C1. The van der Waals surface area contributed by atoms with Crippen molar-refractivity contribution >= 4 is 5.97 Å². The third-order valence-corrected chi connectivity index (χ3v) is 7.27. The van der Waals surface area contributed by atoms with Gasteiger partial charge in [-0.2, -0.15) is 0 Å². The van der Waals surface area contributed by atoms with Gasteiger partial charge >= 0.3 is 5.97 Å². The van der Waals surface area contributed by atoms with E-state index < -0.39 is 11.6 Å². The molecule has 148 valence electrons. The van der Waals surface area contributed by atoms with Crippen molar-refractivity contribution < 1.29 is 14.6 Å². The summed E-state index contributed by atoms with van der Waals surface area (Å²) in [7, 11) is 1.71. The van der Waals surface area contributed by atoms with Crippen LogP contribution in [-0.2, 0) is 20.4 Å². The third kappa shape index (κ3) is 3.59. The van der Waals surface area contributed by atoms with E-state index in [1.807, 2.05) is 6.92 Å². The second-order valence-electron chi connectivity index (χ2n) is 9.88. The van der Waals surface area contributed by atoms with Crippen molar-refractivity contribution in [2.45, 2.75) is 89.1 Å². The Labute approximate surface area is 163 Å². The molecule has 0 heterocycles. The van der Waals surface area contributed by atoms with E-state index in [0.29, 0.717) is 5.92 Å². The zero-order chi connectivity index (χ0) is 20.0. The summed E-state index contributed by atoms with van der Waals surface area (Å²) < 4.78 is 5.87. The molecule has 0 aromatic heterocycles. The number of rotatable bonds is 4. The van der Waals surface area contributed by atoms with Gasteiger partial charge in [-0.05, 0) is 78.0 Å². The minimum atomic E-state index is -0.898. The number of carboxylic acid groups (broad SMARTS) is 1. The molecular formula is C24H34O3. The Morgan fingerprint density at radius 1 is 1.11 bits per heavy atom. The van der Waals surface area contributed by atoms with Gasteiger partial charge in [-0.25, -0.2) is 4.79 Å². The number of ether oxygens (including phenoxy) is 1. The van der Waals surface area contributed by atoms with Gasteiger partial charge in [-0.15, -0.1) is 0 Å². The average Bonchev–Trinajstić information content (AvgIpc) is 3.04. The minimum Gasteiger partial charge on any atom is -0.478 e. The summed E-state index contributed by atoms with van der Waals surface area (Å²) in [5.41, 5.74) is 5.16. The van der Waals surface area contributed by atoms with E-state index in [9.17, 15) is 4.79 Å². The molecule has 1 N–H and O–H groups in total. The molecular weight excluding hydrogens is 336 g/mol. The Morgan fingerprint density at radius 3 is 2.33 bits per heavy atom. The van der Waals surface area contributed by atoms with E-state index in [0.717, 1.165) is 24.8 Å². The summed E-state index contributed by atoms with van der Waals surface area (Å²) in [5.74, 6) is -0.488. The lowest BCUT2D eigenvalue weighted by molar-refractivity contribution is -0.131. The summed E-state index contributed by atoms with van der Waals surface area (Å²) in [5, 5.41) is 9.14. The molecule has 2 atom stereocenters. The molecule has 3 nitrogen and oxygen atoms in total. The Kier molecular flexibility index (Phi) is 5.05. The van der Waals surface area contributed by atoms with Crippen LogP contribution in [0.3, 0.4) is 0 Å². The van der Waals surface area contributed by atoms with Gasteiger partial charge in [0.25, 0.3) is 0 Å². The van der Waals surface area contributed by atoms with Crippen LogP contribution in [0.25, 0.3) is 0 Å². The van der Waals surface area contributed by atoms with Crippen molar-refractivity contribution in [2.75, 3.05) is 7.11 Å². The van der Waals surface area contributed by atoms with E-state index in [-0.39, 0.29) is 10.8 Å². The summed E-state index contributed by atoms with van der Waals surface area (Å²) in [6.07, 6.45) is 6.49. The number of carboxylic acids is 1. The van der Waals surface area contributed by atoms with Crippen molar-refractivity contribution in [3.63, 3.8) is 0 Å². The van der Waals surface area contributed by atoms with Crippen LogP contribution in [-0.4, -0.2) is 23.8 Å². The van der Waals surface area contributed by atoms with Crippen LogP contribution in [0.4, 0.5) is 0 Å². The molecule has 1 saturated carbocycles. The second kappa shape index (κ2) is 6.77. The summed E-state index contributed by atoms with van der Waals surface area (Å²) >= 11 is 0. The molecule has 27 heavy (non-hydrogen) atoms. The average molecular weight is 371 g/mol. The van der Waals surface area contributed by atoms with Crippen molar-refractivity contribution in [3.8, 4) is 0 Å². The maximum Gasteiger partial charge on any atom is 0.328 e. The molecule has 2 unspecified atom stereocenters. The van der Waals surface area contributed by atoms with Crippen LogP contribution >= 0.6 is 0 Å². The molecule has 2 aliphatic rings. The maximum absolute atomic E-state index is 11.1. The second-order valence-corrected chi connectivity index (χ2v) is 9.88. The molecule has 3 rings (SSSR count). The predicted molar refractivity (Wildman–Crippen MR) is 109 cm³/mol. The van der Waals surface area contributed by atoms with Crippen LogP contribution in [0.1, 0.15) is 89.3 Å². The van der Waals surface area contributed by atoms with Gasteiger partial charge in [0.1, 0.15) is 0 Å². The first-order chi connectivity index (χ1) is 12.5. The minimum absolute atomic E-state index is 0.205.